The molecule has 3 fully saturated rings. The number of carboxylic acid groups (broad SMARTS) is 1. The van der Waals surface area contributed by atoms with E-state index in [0.29, 0.717) is 11.9 Å². The van der Waals surface area contributed by atoms with Gasteiger partial charge in [-0.05, 0) is 56.7 Å². The fourth-order valence-electron chi connectivity index (χ4n) is 5.33. The second kappa shape index (κ2) is 10.6. The van der Waals surface area contributed by atoms with Gasteiger partial charge in [-0.2, -0.15) is 13.2 Å². The molecule has 1 saturated carbocycles. The molecule has 11 heteroatoms. The van der Waals surface area contributed by atoms with Gasteiger partial charge in [0.2, 0.25) is 5.91 Å². The highest BCUT2D eigenvalue weighted by Gasteiger charge is 2.58. The molecule has 2 aromatic rings. The lowest BCUT2D eigenvalue weighted by Crippen LogP contribution is -2.40. The van der Waals surface area contributed by atoms with Crippen molar-refractivity contribution in [3.05, 3.63) is 53.1 Å². The van der Waals surface area contributed by atoms with Crippen LogP contribution in [0.1, 0.15) is 56.3 Å². The number of amides is 1. The second-order valence-electron chi connectivity index (χ2n) is 10.6. The van der Waals surface area contributed by atoms with Crippen LogP contribution < -0.4 is 0 Å². The van der Waals surface area contributed by atoms with Crippen molar-refractivity contribution in [3.63, 3.8) is 0 Å². The first-order valence-corrected chi connectivity index (χ1v) is 12.9. The monoisotopic (exact) mass is 540 g/mol. The van der Waals surface area contributed by atoms with E-state index in [-0.39, 0.29) is 11.3 Å². The minimum absolute atomic E-state index is 0.147. The minimum atomic E-state index is -5.08. The minimum Gasteiger partial charge on any atom is -0.475 e. The van der Waals surface area contributed by atoms with Crippen molar-refractivity contribution in [2.75, 3.05) is 26.2 Å². The lowest BCUT2D eigenvalue weighted by molar-refractivity contribution is -0.192. The average Bonchev–Trinajstić information content (AvgIpc) is 3.23. The number of carbonyl (C=O) groups excluding carboxylic acids is 1. The normalized spacial score (nSPS) is 24.1. The van der Waals surface area contributed by atoms with Crippen molar-refractivity contribution < 1.29 is 27.9 Å². The predicted molar refractivity (Wildman–Crippen MR) is 132 cm³/mol. The molecule has 2 unspecified atom stereocenters. The van der Waals surface area contributed by atoms with E-state index in [2.05, 4.69) is 40.5 Å². The van der Waals surface area contributed by atoms with Gasteiger partial charge in [0.15, 0.2) is 0 Å². The molecule has 3 heterocycles. The summed E-state index contributed by atoms with van der Waals surface area (Å²) in [7, 11) is 0. The van der Waals surface area contributed by atoms with E-state index in [0.717, 1.165) is 55.8 Å². The molecular formula is C26H32ClF3N4O3. The number of imidazole rings is 1. The van der Waals surface area contributed by atoms with Gasteiger partial charge in [-0.25, -0.2) is 9.78 Å². The van der Waals surface area contributed by atoms with Crippen LogP contribution in [0, 0.1) is 11.3 Å². The number of aromatic nitrogens is 2. The van der Waals surface area contributed by atoms with Crippen molar-refractivity contribution >= 4 is 23.5 Å². The highest BCUT2D eigenvalue weighted by Crippen LogP contribution is 2.50. The van der Waals surface area contributed by atoms with Gasteiger partial charge in [-0.15, -0.1) is 0 Å². The first kappa shape index (κ1) is 27.4. The van der Waals surface area contributed by atoms with E-state index < -0.39 is 12.1 Å². The Morgan fingerprint density at radius 2 is 2.00 bits per heavy atom. The quantitative estimate of drug-likeness (QED) is 0.559. The molecule has 2 aliphatic heterocycles. The van der Waals surface area contributed by atoms with Gasteiger partial charge in [0.05, 0.1) is 17.4 Å². The Hall–Kier alpha value is -2.59. The third-order valence-electron chi connectivity index (χ3n) is 7.44. The van der Waals surface area contributed by atoms with Gasteiger partial charge in [0.25, 0.3) is 0 Å². The molecule has 5 rings (SSSR count). The van der Waals surface area contributed by atoms with Crippen LogP contribution in [0.15, 0.2) is 36.8 Å². The maximum Gasteiger partial charge on any atom is 0.490 e. The largest absolute Gasteiger partial charge is 0.490 e. The van der Waals surface area contributed by atoms with E-state index in [1.807, 2.05) is 24.5 Å². The molecular weight excluding hydrogens is 509 g/mol. The zero-order valence-electron chi connectivity index (χ0n) is 20.9. The SMILES string of the molecule is CC(C)n1cnc(C2CN(Cc3cccc(Cl)c3)CC23CCN(CC2CC2)C3=O)c1.O=C(O)C(F)(F)F. The summed E-state index contributed by atoms with van der Waals surface area (Å²) in [5.41, 5.74) is 1.93. The van der Waals surface area contributed by atoms with Crippen molar-refractivity contribution in [2.24, 2.45) is 11.3 Å². The van der Waals surface area contributed by atoms with Crippen LogP contribution in [0.25, 0.3) is 0 Å². The Labute approximate surface area is 219 Å². The van der Waals surface area contributed by atoms with Crippen LogP contribution >= 0.6 is 11.6 Å². The number of carboxylic acids is 1. The lowest BCUT2D eigenvalue weighted by atomic mass is 9.75. The average molecular weight is 541 g/mol. The number of alkyl halides is 3. The number of rotatable bonds is 6. The summed E-state index contributed by atoms with van der Waals surface area (Å²) in [6.45, 7) is 8.66. The topological polar surface area (TPSA) is 78.7 Å². The fraction of sp³-hybridized carbons (Fsp3) is 0.577. The summed E-state index contributed by atoms with van der Waals surface area (Å²) in [6, 6.07) is 8.44. The second-order valence-corrected chi connectivity index (χ2v) is 11.0. The summed E-state index contributed by atoms with van der Waals surface area (Å²) >= 11 is 6.21. The highest BCUT2D eigenvalue weighted by atomic mass is 35.5. The number of hydrogen-bond acceptors (Lipinski definition) is 4. The number of aliphatic carboxylic acids is 1. The van der Waals surface area contributed by atoms with Crippen molar-refractivity contribution in [2.45, 2.75) is 57.8 Å². The van der Waals surface area contributed by atoms with E-state index >= 15 is 0 Å². The molecule has 1 aliphatic carbocycles. The molecule has 0 radical (unpaired) electrons. The molecule has 1 aromatic heterocycles. The summed E-state index contributed by atoms with van der Waals surface area (Å²) in [6.07, 6.45) is 2.50. The summed E-state index contributed by atoms with van der Waals surface area (Å²) < 4.78 is 33.9. The summed E-state index contributed by atoms with van der Waals surface area (Å²) in [5.74, 6) is -1.53. The van der Waals surface area contributed by atoms with E-state index in [9.17, 15) is 18.0 Å². The van der Waals surface area contributed by atoms with Crippen LogP contribution in [0.2, 0.25) is 5.02 Å². The molecule has 2 atom stereocenters. The van der Waals surface area contributed by atoms with Gasteiger partial charge in [-0.1, -0.05) is 23.7 Å². The van der Waals surface area contributed by atoms with Crippen LogP contribution in [0.5, 0.6) is 0 Å². The molecule has 0 bridgehead atoms. The number of hydrogen-bond donors (Lipinski definition) is 1. The number of carbonyl (C=O) groups is 2. The Balaban J connectivity index is 0.000000405. The molecule has 1 amide bonds. The first-order chi connectivity index (χ1) is 17.4. The molecule has 37 heavy (non-hydrogen) atoms. The van der Waals surface area contributed by atoms with Crippen LogP contribution in [0.4, 0.5) is 13.2 Å². The number of benzene rings is 1. The van der Waals surface area contributed by atoms with Gasteiger partial charge in [0.1, 0.15) is 0 Å². The Bertz CT molecular complexity index is 1130. The standard InChI is InChI=1S/C24H31ClN4O.C2HF3O2/c1-17(2)29-14-22(26-16-29)21-13-27(11-19-4-3-5-20(25)10-19)15-24(21)8-9-28(23(24)30)12-18-6-7-18;3-2(4,5)1(6)7/h3-5,10,14,16-18,21H,6-9,11-13,15H2,1-2H3;(H,6,7). The zero-order chi connectivity index (χ0) is 27.0. The number of nitrogens with zero attached hydrogens (tertiary/aromatic N) is 4. The molecule has 3 aliphatic rings. The summed E-state index contributed by atoms with van der Waals surface area (Å²) in [5, 5.41) is 7.89. The van der Waals surface area contributed by atoms with E-state index in [1.165, 1.54) is 18.4 Å². The zero-order valence-corrected chi connectivity index (χ0v) is 21.7. The fourth-order valence-corrected chi connectivity index (χ4v) is 5.54. The van der Waals surface area contributed by atoms with E-state index in [4.69, 9.17) is 26.5 Å². The van der Waals surface area contributed by atoms with Gasteiger partial charge < -0.3 is 14.6 Å². The smallest absolute Gasteiger partial charge is 0.475 e. The number of likely N-dealkylation sites (tertiary alicyclic amines) is 2. The van der Waals surface area contributed by atoms with Gasteiger partial charge in [-0.3, -0.25) is 9.69 Å². The highest BCUT2D eigenvalue weighted by molar-refractivity contribution is 6.30. The summed E-state index contributed by atoms with van der Waals surface area (Å²) in [4.78, 5) is 32.0. The predicted octanol–water partition coefficient (Wildman–Crippen LogP) is 4.98. The molecule has 1 N–H and O–H groups in total. The first-order valence-electron chi connectivity index (χ1n) is 12.5. The van der Waals surface area contributed by atoms with Gasteiger partial charge in [0, 0.05) is 55.9 Å². The molecule has 7 nitrogen and oxygen atoms in total. The van der Waals surface area contributed by atoms with Crippen molar-refractivity contribution in [3.8, 4) is 0 Å². The maximum atomic E-state index is 13.7. The van der Waals surface area contributed by atoms with Crippen molar-refractivity contribution in [1.82, 2.24) is 19.4 Å². The van der Waals surface area contributed by atoms with Crippen LogP contribution in [-0.2, 0) is 16.1 Å². The third kappa shape index (κ3) is 6.29. The Morgan fingerprint density at radius 1 is 1.30 bits per heavy atom. The molecule has 1 aromatic carbocycles. The maximum absolute atomic E-state index is 13.7. The van der Waals surface area contributed by atoms with Gasteiger partial charge >= 0.3 is 12.1 Å². The van der Waals surface area contributed by atoms with Crippen molar-refractivity contribution in [1.29, 1.82) is 0 Å². The Kier molecular flexibility index (Phi) is 7.90. The lowest BCUT2D eigenvalue weighted by Gasteiger charge is -2.28. The third-order valence-corrected chi connectivity index (χ3v) is 7.68. The molecule has 202 valence electrons. The number of halogens is 4. The van der Waals surface area contributed by atoms with E-state index in [1.54, 1.807) is 0 Å². The van der Waals surface area contributed by atoms with Crippen LogP contribution in [0.3, 0.4) is 0 Å². The Morgan fingerprint density at radius 3 is 2.57 bits per heavy atom. The molecule has 1 spiro atoms. The van der Waals surface area contributed by atoms with Crippen LogP contribution in [-0.4, -0.2) is 68.7 Å². The molecule has 2 saturated heterocycles.